The molecule has 0 aliphatic heterocycles. The molecule has 0 spiro atoms. The molecule has 1 heterocycles. The molecule has 2 rings (SSSR count). The Bertz CT molecular complexity index is 536. The largest absolute Gasteiger partial charge is 0.440 e. The molecule has 0 saturated heterocycles. The highest BCUT2D eigenvalue weighted by molar-refractivity contribution is 5.68. The van der Waals surface area contributed by atoms with E-state index in [0.717, 1.165) is 0 Å². The van der Waals surface area contributed by atoms with Gasteiger partial charge in [0.25, 0.3) is 5.69 Å². The van der Waals surface area contributed by atoms with Gasteiger partial charge in [0.05, 0.1) is 16.7 Å². The molecule has 0 aliphatic carbocycles. The minimum atomic E-state index is -0.444. The lowest BCUT2D eigenvalue weighted by atomic mass is 10.1. The van der Waals surface area contributed by atoms with Crippen LogP contribution in [0.3, 0.4) is 0 Å². The predicted octanol–water partition coefficient (Wildman–Crippen LogP) is 1.75. The van der Waals surface area contributed by atoms with Gasteiger partial charge in [0.15, 0.2) is 11.7 Å². The molecule has 0 atom stereocenters. The maximum atomic E-state index is 10.9. The van der Waals surface area contributed by atoms with Crippen molar-refractivity contribution in [3.8, 4) is 11.3 Å². The first-order valence-corrected chi connectivity index (χ1v) is 5.11. The molecule has 2 aromatic rings. The van der Waals surface area contributed by atoms with Crippen LogP contribution in [0.4, 0.5) is 5.69 Å². The molecule has 0 saturated carbocycles. The zero-order valence-electron chi connectivity index (χ0n) is 9.00. The fraction of sp³-hybridized carbons (Fsp3) is 0.182. The van der Waals surface area contributed by atoms with Crippen molar-refractivity contribution < 1.29 is 9.34 Å². The Kier molecular flexibility index (Phi) is 3.15. The van der Waals surface area contributed by atoms with Crippen LogP contribution in [0.5, 0.6) is 0 Å². The van der Waals surface area contributed by atoms with Gasteiger partial charge in [-0.3, -0.25) is 10.1 Å². The van der Waals surface area contributed by atoms with Crippen molar-refractivity contribution in [2.75, 3.05) is 6.54 Å². The molecule has 88 valence electrons. The number of nitro benzene ring substituents is 1. The van der Waals surface area contributed by atoms with Gasteiger partial charge in [0, 0.05) is 19.0 Å². The molecule has 2 N–H and O–H groups in total. The molecule has 0 bridgehead atoms. The normalized spacial score (nSPS) is 10.4. The third kappa shape index (κ3) is 2.31. The maximum Gasteiger partial charge on any atom is 0.280 e. The lowest BCUT2D eigenvalue weighted by molar-refractivity contribution is -0.384. The van der Waals surface area contributed by atoms with E-state index in [0.29, 0.717) is 30.2 Å². The molecule has 17 heavy (non-hydrogen) atoms. The number of hydrogen-bond donors (Lipinski definition) is 1. The number of nitro groups is 1. The van der Waals surface area contributed by atoms with Gasteiger partial charge in [-0.05, 0) is 6.07 Å². The molecular formula is C11H11N3O3. The number of aromatic nitrogens is 1. The lowest BCUT2D eigenvalue weighted by Crippen LogP contribution is -2.02. The Morgan fingerprint density at radius 3 is 2.88 bits per heavy atom. The maximum absolute atomic E-state index is 10.9. The van der Waals surface area contributed by atoms with E-state index in [9.17, 15) is 10.1 Å². The minimum absolute atomic E-state index is 0.00273. The van der Waals surface area contributed by atoms with Gasteiger partial charge in [0.1, 0.15) is 0 Å². The summed E-state index contributed by atoms with van der Waals surface area (Å²) in [6, 6.07) is 6.39. The Balaban J connectivity index is 2.41. The summed E-state index contributed by atoms with van der Waals surface area (Å²) in [6.07, 6.45) is 1.99. The van der Waals surface area contributed by atoms with Gasteiger partial charge >= 0.3 is 0 Å². The van der Waals surface area contributed by atoms with Crippen molar-refractivity contribution in [1.29, 1.82) is 0 Å². The second-order valence-corrected chi connectivity index (χ2v) is 3.43. The predicted molar refractivity (Wildman–Crippen MR) is 61.4 cm³/mol. The first-order chi connectivity index (χ1) is 8.22. The molecule has 0 radical (unpaired) electrons. The Morgan fingerprint density at radius 2 is 2.18 bits per heavy atom. The van der Waals surface area contributed by atoms with Crippen molar-refractivity contribution >= 4 is 5.69 Å². The lowest BCUT2D eigenvalue weighted by Gasteiger charge is -1.98. The third-order valence-electron chi connectivity index (χ3n) is 2.28. The highest BCUT2D eigenvalue weighted by Gasteiger charge is 2.17. The average Bonchev–Trinajstić information content (AvgIpc) is 2.78. The van der Waals surface area contributed by atoms with Crippen LogP contribution < -0.4 is 5.73 Å². The summed E-state index contributed by atoms with van der Waals surface area (Å²) in [5.41, 5.74) is 5.81. The van der Waals surface area contributed by atoms with Crippen LogP contribution in [0.25, 0.3) is 11.3 Å². The summed E-state index contributed by atoms with van der Waals surface area (Å²) >= 11 is 0. The molecule has 6 heteroatoms. The van der Waals surface area contributed by atoms with Crippen LogP contribution in [-0.4, -0.2) is 16.5 Å². The molecule has 1 aromatic carbocycles. The molecular weight excluding hydrogens is 222 g/mol. The van der Waals surface area contributed by atoms with Gasteiger partial charge in [-0.1, -0.05) is 12.1 Å². The van der Waals surface area contributed by atoms with E-state index >= 15 is 0 Å². The highest BCUT2D eigenvalue weighted by atomic mass is 16.6. The molecule has 0 unspecified atom stereocenters. The molecule has 0 amide bonds. The molecule has 0 fully saturated rings. The van der Waals surface area contributed by atoms with Crippen molar-refractivity contribution in [2.24, 2.45) is 5.73 Å². The summed E-state index contributed by atoms with van der Waals surface area (Å²) < 4.78 is 5.41. The van der Waals surface area contributed by atoms with Gasteiger partial charge in [-0.2, -0.15) is 0 Å². The fourth-order valence-electron chi connectivity index (χ4n) is 1.52. The summed E-state index contributed by atoms with van der Waals surface area (Å²) in [6.45, 7) is 0.427. The van der Waals surface area contributed by atoms with E-state index in [4.69, 9.17) is 10.2 Å². The number of para-hydroxylation sites is 1. The Labute approximate surface area is 97.2 Å². The van der Waals surface area contributed by atoms with E-state index in [-0.39, 0.29) is 5.69 Å². The molecule has 1 aromatic heterocycles. The van der Waals surface area contributed by atoms with Crippen LogP contribution >= 0.6 is 0 Å². The highest BCUT2D eigenvalue weighted by Crippen LogP contribution is 2.29. The summed E-state index contributed by atoms with van der Waals surface area (Å²) in [5.74, 6) is 0.876. The Hall–Kier alpha value is -2.21. The van der Waals surface area contributed by atoms with Crippen LogP contribution in [0.15, 0.2) is 34.9 Å². The van der Waals surface area contributed by atoms with Gasteiger partial charge < -0.3 is 10.2 Å². The summed E-state index contributed by atoms with van der Waals surface area (Å²) in [4.78, 5) is 14.4. The van der Waals surface area contributed by atoms with Crippen LogP contribution in [0.2, 0.25) is 0 Å². The number of nitrogens with two attached hydrogens (primary N) is 1. The standard InChI is InChI=1S/C11H11N3O3/c12-6-5-11-13-7-10(17-11)8-3-1-2-4-9(8)14(15)16/h1-4,7H,5-6,12H2. The van der Waals surface area contributed by atoms with Crippen LogP contribution in [-0.2, 0) is 6.42 Å². The summed E-state index contributed by atoms with van der Waals surface area (Å²) in [5, 5.41) is 10.9. The quantitative estimate of drug-likeness (QED) is 0.641. The topological polar surface area (TPSA) is 95.2 Å². The van der Waals surface area contributed by atoms with Crippen molar-refractivity contribution in [2.45, 2.75) is 6.42 Å². The summed E-state index contributed by atoms with van der Waals surface area (Å²) in [7, 11) is 0. The van der Waals surface area contributed by atoms with Gasteiger partial charge in [-0.15, -0.1) is 0 Å². The molecule has 0 aliphatic rings. The fourth-order valence-corrected chi connectivity index (χ4v) is 1.52. The van der Waals surface area contributed by atoms with Crippen molar-refractivity contribution in [3.63, 3.8) is 0 Å². The Morgan fingerprint density at radius 1 is 1.41 bits per heavy atom. The molecule has 6 nitrogen and oxygen atoms in total. The van der Waals surface area contributed by atoms with Gasteiger partial charge in [-0.25, -0.2) is 4.98 Å². The minimum Gasteiger partial charge on any atom is -0.440 e. The first-order valence-electron chi connectivity index (χ1n) is 5.11. The van der Waals surface area contributed by atoms with E-state index in [2.05, 4.69) is 4.98 Å². The number of benzene rings is 1. The third-order valence-corrected chi connectivity index (χ3v) is 2.28. The number of hydrogen-bond acceptors (Lipinski definition) is 5. The number of oxazole rings is 1. The van der Waals surface area contributed by atoms with E-state index in [1.165, 1.54) is 12.3 Å². The second-order valence-electron chi connectivity index (χ2n) is 3.43. The van der Waals surface area contributed by atoms with Crippen LogP contribution in [0, 0.1) is 10.1 Å². The average molecular weight is 233 g/mol. The monoisotopic (exact) mass is 233 g/mol. The van der Waals surface area contributed by atoms with E-state index in [1.807, 2.05) is 0 Å². The smallest absolute Gasteiger partial charge is 0.280 e. The number of rotatable bonds is 4. The van der Waals surface area contributed by atoms with Gasteiger partial charge in [0.2, 0.25) is 0 Å². The zero-order valence-corrected chi connectivity index (χ0v) is 9.00. The van der Waals surface area contributed by atoms with E-state index in [1.54, 1.807) is 18.2 Å². The SMILES string of the molecule is NCCc1ncc(-c2ccccc2[N+](=O)[O-])o1. The van der Waals surface area contributed by atoms with Crippen molar-refractivity contribution in [1.82, 2.24) is 4.98 Å². The van der Waals surface area contributed by atoms with Crippen molar-refractivity contribution in [3.05, 3.63) is 46.5 Å². The first kappa shape index (κ1) is 11.3. The number of nitrogens with zero attached hydrogens (tertiary/aromatic N) is 2. The second kappa shape index (κ2) is 4.75. The van der Waals surface area contributed by atoms with Crippen LogP contribution in [0.1, 0.15) is 5.89 Å². The van der Waals surface area contributed by atoms with E-state index < -0.39 is 4.92 Å². The zero-order chi connectivity index (χ0) is 12.3.